The van der Waals surface area contributed by atoms with Crippen molar-refractivity contribution in [2.45, 2.75) is 31.3 Å². The van der Waals surface area contributed by atoms with Gasteiger partial charge in [0.1, 0.15) is 11.6 Å². The van der Waals surface area contributed by atoms with Gasteiger partial charge in [0.15, 0.2) is 0 Å². The number of aromatic nitrogens is 3. The third-order valence-electron chi connectivity index (χ3n) is 4.03. The second-order valence-electron chi connectivity index (χ2n) is 5.24. The molecule has 1 aromatic carbocycles. The Labute approximate surface area is 118 Å². The summed E-state index contributed by atoms with van der Waals surface area (Å²) in [5.74, 6) is 1.86. The molecule has 2 aromatic rings. The Balaban J connectivity index is 2.00. The summed E-state index contributed by atoms with van der Waals surface area (Å²) in [7, 11) is 1.70. The fraction of sp³-hybridized carbons (Fsp3) is 0.467. The van der Waals surface area contributed by atoms with Crippen LogP contribution >= 0.6 is 0 Å². The number of hydrogen-bond donors (Lipinski definition) is 1. The molecule has 106 valence electrons. The molecule has 1 aromatic heterocycles. The van der Waals surface area contributed by atoms with Crippen LogP contribution in [-0.4, -0.2) is 28.5 Å². The number of benzene rings is 1. The smallest absolute Gasteiger partial charge is 0.146 e. The molecule has 2 N–H and O–H groups in total. The average molecular weight is 272 g/mol. The molecular formula is C15H20N4O. The zero-order chi connectivity index (χ0) is 14.0. The summed E-state index contributed by atoms with van der Waals surface area (Å²) in [5, 5.41) is 8.68. The van der Waals surface area contributed by atoms with E-state index >= 15 is 0 Å². The molecule has 0 bridgehead atoms. The van der Waals surface area contributed by atoms with E-state index in [0.717, 1.165) is 31.0 Å². The van der Waals surface area contributed by atoms with Crippen LogP contribution in [0.5, 0.6) is 0 Å². The third kappa shape index (κ3) is 2.13. The van der Waals surface area contributed by atoms with Gasteiger partial charge >= 0.3 is 0 Å². The van der Waals surface area contributed by atoms with Crippen LogP contribution in [0, 0.1) is 0 Å². The average Bonchev–Trinajstić information content (AvgIpc) is 3.20. The molecule has 5 heteroatoms. The summed E-state index contributed by atoms with van der Waals surface area (Å²) in [6.07, 6.45) is 2.24. The van der Waals surface area contributed by atoms with Crippen LogP contribution in [0.4, 0.5) is 0 Å². The Morgan fingerprint density at radius 3 is 2.60 bits per heavy atom. The fourth-order valence-corrected chi connectivity index (χ4v) is 2.78. The summed E-state index contributed by atoms with van der Waals surface area (Å²) in [6.45, 7) is 1.80. The predicted molar refractivity (Wildman–Crippen MR) is 76.2 cm³/mol. The lowest BCUT2D eigenvalue weighted by Crippen LogP contribution is -2.20. The van der Waals surface area contributed by atoms with Gasteiger partial charge in [-0.25, -0.2) is 0 Å². The van der Waals surface area contributed by atoms with Crippen LogP contribution in [0.3, 0.4) is 0 Å². The summed E-state index contributed by atoms with van der Waals surface area (Å²) < 4.78 is 7.32. The molecule has 0 aliphatic heterocycles. The van der Waals surface area contributed by atoms with Gasteiger partial charge < -0.3 is 15.0 Å². The standard InChI is InChI=1S/C15H20N4O/c1-20-10-9-19-13(11-16)17-18-14(19)15(7-8-15)12-5-3-2-4-6-12/h2-6H,7-11,16H2,1H3. The molecule has 0 spiro atoms. The molecule has 20 heavy (non-hydrogen) atoms. The lowest BCUT2D eigenvalue weighted by molar-refractivity contribution is 0.185. The van der Waals surface area contributed by atoms with E-state index in [1.54, 1.807) is 7.11 Å². The van der Waals surface area contributed by atoms with Crippen LogP contribution in [-0.2, 0) is 23.2 Å². The number of ether oxygens (including phenoxy) is 1. The molecule has 3 rings (SSSR count). The van der Waals surface area contributed by atoms with Crippen molar-refractivity contribution in [3.8, 4) is 0 Å². The molecule has 1 saturated carbocycles. The third-order valence-corrected chi connectivity index (χ3v) is 4.03. The number of nitrogens with zero attached hydrogens (tertiary/aromatic N) is 3. The molecule has 1 aliphatic rings. The topological polar surface area (TPSA) is 66.0 Å². The molecule has 0 saturated heterocycles. The summed E-state index contributed by atoms with van der Waals surface area (Å²) in [5.41, 5.74) is 7.11. The van der Waals surface area contributed by atoms with Gasteiger partial charge in [-0.3, -0.25) is 0 Å². The van der Waals surface area contributed by atoms with Crippen molar-refractivity contribution in [3.05, 3.63) is 47.5 Å². The number of hydrogen-bond acceptors (Lipinski definition) is 4. The molecule has 1 aliphatic carbocycles. The van der Waals surface area contributed by atoms with Gasteiger partial charge in [-0.1, -0.05) is 30.3 Å². The Kier molecular flexibility index (Phi) is 3.54. The highest BCUT2D eigenvalue weighted by Crippen LogP contribution is 2.52. The van der Waals surface area contributed by atoms with Crippen molar-refractivity contribution in [1.82, 2.24) is 14.8 Å². The normalized spacial score (nSPS) is 16.3. The second kappa shape index (κ2) is 5.34. The molecule has 0 radical (unpaired) electrons. The summed E-state index contributed by atoms with van der Waals surface area (Å²) in [4.78, 5) is 0. The van der Waals surface area contributed by atoms with Crippen LogP contribution in [0.1, 0.15) is 30.1 Å². The Morgan fingerprint density at radius 1 is 1.25 bits per heavy atom. The zero-order valence-electron chi connectivity index (χ0n) is 11.7. The maximum absolute atomic E-state index is 5.77. The van der Waals surface area contributed by atoms with E-state index in [4.69, 9.17) is 10.5 Å². The Hall–Kier alpha value is -1.72. The van der Waals surface area contributed by atoms with Gasteiger partial charge in [0, 0.05) is 13.7 Å². The highest BCUT2D eigenvalue weighted by molar-refractivity contribution is 5.39. The molecule has 1 fully saturated rings. The quantitative estimate of drug-likeness (QED) is 0.864. The van der Waals surface area contributed by atoms with Crippen LogP contribution in [0.25, 0.3) is 0 Å². The first-order valence-corrected chi connectivity index (χ1v) is 6.99. The van der Waals surface area contributed by atoms with E-state index in [2.05, 4.69) is 39.0 Å². The minimum atomic E-state index is 0.0232. The van der Waals surface area contributed by atoms with E-state index < -0.39 is 0 Å². The number of rotatable bonds is 6. The molecule has 0 atom stereocenters. The van der Waals surface area contributed by atoms with Gasteiger partial charge in [0.05, 0.1) is 18.6 Å². The van der Waals surface area contributed by atoms with Gasteiger partial charge in [-0.15, -0.1) is 10.2 Å². The first-order valence-electron chi connectivity index (χ1n) is 6.99. The van der Waals surface area contributed by atoms with Crippen molar-refractivity contribution < 1.29 is 4.74 Å². The Morgan fingerprint density at radius 2 is 2.00 bits per heavy atom. The fourth-order valence-electron chi connectivity index (χ4n) is 2.78. The largest absolute Gasteiger partial charge is 0.383 e. The maximum Gasteiger partial charge on any atom is 0.146 e. The predicted octanol–water partition coefficient (Wildman–Crippen LogP) is 1.46. The van der Waals surface area contributed by atoms with Crippen molar-refractivity contribution in [2.24, 2.45) is 5.73 Å². The van der Waals surface area contributed by atoms with E-state index in [1.165, 1.54) is 5.56 Å². The summed E-state index contributed by atoms with van der Waals surface area (Å²) in [6, 6.07) is 10.5. The van der Waals surface area contributed by atoms with Crippen LogP contribution in [0.15, 0.2) is 30.3 Å². The van der Waals surface area contributed by atoms with Gasteiger partial charge in [0.25, 0.3) is 0 Å². The van der Waals surface area contributed by atoms with E-state index in [9.17, 15) is 0 Å². The van der Waals surface area contributed by atoms with Crippen molar-refractivity contribution >= 4 is 0 Å². The molecule has 1 heterocycles. The first kappa shape index (κ1) is 13.3. The first-order chi connectivity index (χ1) is 9.81. The van der Waals surface area contributed by atoms with E-state index in [-0.39, 0.29) is 5.41 Å². The molecule has 0 amide bonds. The number of nitrogens with two attached hydrogens (primary N) is 1. The lowest BCUT2D eigenvalue weighted by Gasteiger charge is -2.17. The lowest BCUT2D eigenvalue weighted by atomic mass is 9.95. The van der Waals surface area contributed by atoms with Crippen molar-refractivity contribution in [2.75, 3.05) is 13.7 Å². The Bertz CT molecular complexity index is 575. The van der Waals surface area contributed by atoms with Gasteiger partial charge in [-0.05, 0) is 18.4 Å². The summed E-state index contributed by atoms with van der Waals surface area (Å²) >= 11 is 0. The van der Waals surface area contributed by atoms with E-state index in [1.807, 2.05) is 6.07 Å². The van der Waals surface area contributed by atoms with Crippen molar-refractivity contribution in [1.29, 1.82) is 0 Å². The molecule has 5 nitrogen and oxygen atoms in total. The number of methoxy groups -OCH3 is 1. The molecular weight excluding hydrogens is 252 g/mol. The minimum Gasteiger partial charge on any atom is -0.383 e. The monoisotopic (exact) mass is 272 g/mol. The maximum atomic E-state index is 5.77. The van der Waals surface area contributed by atoms with E-state index in [0.29, 0.717) is 13.2 Å². The minimum absolute atomic E-state index is 0.0232. The highest BCUT2D eigenvalue weighted by atomic mass is 16.5. The SMILES string of the molecule is COCCn1c(CN)nnc1C1(c2ccccc2)CC1. The molecule has 0 unspecified atom stereocenters. The van der Waals surface area contributed by atoms with Gasteiger partial charge in [-0.2, -0.15) is 0 Å². The zero-order valence-corrected chi connectivity index (χ0v) is 11.7. The highest BCUT2D eigenvalue weighted by Gasteiger charge is 2.50. The van der Waals surface area contributed by atoms with Crippen LogP contribution in [0.2, 0.25) is 0 Å². The van der Waals surface area contributed by atoms with Gasteiger partial charge in [0.2, 0.25) is 0 Å². The van der Waals surface area contributed by atoms with Crippen molar-refractivity contribution in [3.63, 3.8) is 0 Å². The van der Waals surface area contributed by atoms with Crippen LogP contribution < -0.4 is 5.73 Å². The second-order valence-corrected chi connectivity index (χ2v) is 5.24.